The van der Waals surface area contributed by atoms with E-state index in [2.05, 4.69) is 14.9 Å². The molecule has 3 heterocycles. The Hall–Kier alpha value is -1.85. The smallest absolute Gasteiger partial charge is 0.410 e. The molecule has 6 heteroatoms. The van der Waals surface area contributed by atoms with Gasteiger partial charge < -0.3 is 14.5 Å². The van der Waals surface area contributed by atoms with Crippen LogP contribution in [0.5, 0.6) is 0 Å². The van der Waals surface area contributed by atoms with E-state index in [1.807, 2.05) is 25.7 Å². The maximum atomic E-state index is 12.2. The van der Waals surface area contributed by atoms with Crippen LogP contribution in [0, 0.1) is 0 Å². The fourth-order valence-electron chi connectivity index (χ4n) is 2.93. The normalized spacial score (nSPS) is 25.1. The number of piperazine rings is 1. The lowest BCUT2D eigenvalue weighted by Crippen LogP contribution is -2.50. The molecule has 0 N–H and O–H groups in total. The summed E-state index contributed by atoms with van der Waals surface area (Å²) in [6.45, 7) is 7.19. The first kappa shape index (κ1) is 13.1. The Bertz CT molecular complexity index is 500. The number of anilines is 1. The lowest BCUT2D eigenvalue weighted by molar-refractivity contribution is 0.0214. The van der Waals surface area contributed by atoms with Gasteiger partial charge in [-0.05, 0) is 27.2 Å². The van der Waals surface area contributed by atoms with Crippen molar-refractivity contribution in [3.8, 4) is 0 Å². The van der Waals surface area contributed by atoms with Crippen LogP contribution in [0.25, 0.3) is 0 Å². The highest BCUT2D eigenvalue weighted by molar-refractivity contribution is 5.70. The number of nitrogens with zero attached hydrogens (tertiary/aromatic N) is 4. The third-order valence-corrected chi connectivity index (χ3v) is 3.71. The van der Waals surface area contributed by atoms with Gasteiger partial charge in [-0.25, -0.2) is 9.78 Å². The summed E-state index contributed by atoms with van der Waals surface area (Å²) in [6, 6.07) is 0.543. The van der Waals surface area contributed by atoms with E-state index in [4.69, 9.17) is 4.74 Å². The van der Waals surface area contributed by atoms with Gasteiger partial charge in [0.05, 0.1) is 18.3 Å². The second-order valence-corrected chi connectivity index (χ2v) is 6.39. The van der Waals surface area contributed by atoms with Crippen LogP contribution in [0.2, 0.25) is 0 Å². The number of ether oxygens (including phenoxy) is 1. The summed E-state index contributed by atoms with van der Waals surface area (Å²) in [4.78, 5) is 24.7. The molecule has 2 aliphatic rings. The van der Waals surface area contributed by atoms with Crippen molar-refractivity contribution in [3.63, 3.8) is 0 Å². The summed E-state index contributed by atoms with van der Waals surface area (Å²) in [7, 11) is 0. The lowest BCUT2D eigenvalue weighted by atomic mass is 10.2. The predicted octanol–water partition coefficient (Wildman–Crippen LogP) is 1.67. The first-order chi connectivity index (χ1) is 9.44. The van der Waals surface area contributed by atoms with Crippen LogP contribution in [0.1, 0.15) is 27.2 Å². The highest BCUT2D eigenvalue weighted by Gasteiger charge is 2.46. The number of aromatic nitrogens is 2. The minimum atomic E-state index is -0.441. The highest BCUT2D eigenvalue weighted by atomic mass is 16.6. The molecule has 1 amide bonds. The van der Waals surface area contributed by atoms with E-state index in [9.17, 15) is 4.79 Å². The Labute approximate surface area is 118 Å². The van der Waals surface area contributed by atoms with E-state index in [0.29, 0.717) is 12.6 Å². The summed E-state index contributed by atoms with van der Waals surface area (Å²) < 4.78 is 5.46. The van der Waals surface area contributed by atoms with Crippen molar-refractivity contribution in [3.05, 3.63) is 18.6 Å². The second kappa shape index (κ2) is 4.61. The zero-order valence-corrected chi connectivity index (χ0v) is 12.1. The number of amides is 1. The number of hydrogen-bond acceptors (Lipinski definition) is 5. The van der Waals surface area contributed by atoms with Gasteiger partial charge in [0.15, 0.2) is 0 Å². The van der Waals surface area contributed by atoms with Gasteiger partial charge in [-0.2, -0.15) is 0 Å². The summed E-state index contributed by atoms with van der Waals surface area (Å²) in [5.74, 6) is 0.892. The minimum Gasteiger partial charge on any atom is -0.444 e. The van der Waals surface area contributed by atoms with Crippen molar-refractivity contribution in [2.24, 2.45) is 0 Å². The molecule has 0 aliphatic carbocycles. The van der Waals surface area contributed by atoms with Crippen LogP contribution >= 0.6 is 0 Å². The molecular weight excluding hydrogens is 256 g/mol. The van der Waals surface area contributed by atoms with Gasteiger partial charge in [0.1, 0.15) is 11.4 Å². The van der Waals surface area contributed by atoms with Crippen LogP contribution < -0.4 is 4.90 Å². The van der Waals surface area contributed by atoms with Gasteiger partial charge >= 0.3 is 6.09 Å². The Morgan fingerprint density at radius 1 is 1.30 bits per heavy atom. The highest BCUT2D eigenvalue weighted by Crippen LogP contribution is 2.34. The molecule has 3 rings (SSSR count). The second-order valence-electron chi connectivity index (χ2n) is 6.39. The van der Waals surface area contributed by atoms with Crippen molar-refractivity contribution in [2.45, 2.75) is 44.9 Å². The molecule has 6 nitrogen and oxygen atoms in total. The molecule has 0 radical (unpaired) electrons. The van der Waals surface area contributed by atoms with Crippen molar-refractivity contribution in [2.75, 3.05) is 18.0 Å². The van der Waals surface area contributed by atoms with E-state index in [1.54, 1.807) is 18.6 Å². The molecule has 2 fully saturated rings. The zero-order chi connectivity index (χ0) is 14.3. The number of likely N-dealkylation sites (tertiary alicyclic amines) is 1. The van der Waals surface area contributed by atoms with Crippen LogP contribution in [0.4, 0.5) is 10.6 Å². The van der Waals surface area contributed by atoms with Crippen molar-refractivity contribution >= 4 is 11.9 Å². The fourth-order valence-corrected chi connectivity index (χ4v) is 2.93. The SMILES string of the molecule is CC(C)(C)OC(=O)N1C[C@H]2C[C@@H]1CN2c1cnccn1. The van der Waals surface area contributed by atoms with Crippen LogP contribution in [0.3, 0.4) is 0 Å². The monoisotopic (exact) mass is 276 g/mol. The number of fused-ring (bicyclic) bond motifs is 2. The van der Waals surface area contributed by atoms with Gasteiger partial charge in [0, 0.05) is 25.5 Å². The number of hydrogen-bond donors (Lipinski definition) is 0. The lowest BCUT2D eigenvalue weighted by Gasteiger charge is -2.35. The maximum absolute atomic E-state index is 12.2. The standard InChI is InChI=1S/C14H20N4O2/c1-14(2,3)20-13(19)18-9-10-6-11(18)8-17(10)12-7-15-4-5-16-12/h4-5,7,10-11H,6,8-9H2,1-3H3/t10-,11-/m1/s1. The molecule has 20 heavy (non-hydrogen) atoms. The summed E-state index contributed by atoms with van der Waals surface area (Å²) in [5.41, 5.74) is -0.441. The Morgan fingerprint density at radius 2 is 2.10 bits per heavy atom. The summed E-state index contributed by atoms with van der Waals surface area (Å²) in [6.07, 6.45) is 5.93. The van der Waals surface area contributed by atoms with E-state index < -0.39 is 5.60 Å². The fraction of sp³-hybridized carbons (Fsp3) is 0.643. The first-order valence-corrected chi connectivity index (χ1v) is 6.96. The van der Waals surface area contributed by atoms with Gasteiger partial charge in [0.2, 0.25) is 0 Å². The molecule has 1 aromatic heterocycles. The third-order valence-electron chi connectivity index (χ3n) is 3.71. The number of carbonyl (C=O) groups is 1. The van der Waals surface area contributed by atoms with Gasteiger partial charge in [0.25, 0.3) is 0 Å². The largest absolute Gasteiger partial charge is 0.444 e. The van der Waals surface area contributed by atoms with Gasteiger partial charge in [-0.15, -0.1) is 0 Å². The molecule has 0 spiro atoms. The molecule has 1 aromatic rings. The quantitative estimate of drug-likeness (QED) is 0.781. The molecule has 108 valence electrons. The van der Waals surface area contributed by atoms with Gasteiger partial charge in [-0.3, -0.25) is 4.98 Å². The molecule has 2 saturated heterocycles. The molecular formula is C14H20N4O2. The van der Waals surface area contributed by atoms with Crippen LogP contribution in [-0.4, -0.2) is 51.7 Å². The van der Waals surface area contributed by atoms with E-state index in [0.717, 1.165) is 18.8 Å². The van der Waals surface area contributed by atoms with E-state index in [-0.39, 0.29) is 12.1 Å². The maximum Gasteiger partial charge on any atom is 0.410 e. The Balaban J connectivity index is 1.66. The summed E-state index contributed by atoms with van der Waals surface area (Å²) >= 11 is 0. The van der Waals surface area contributed by atoms with E-state index >= 15 is 0 Å². The zero-order valence-electron chi connectivity index (χ0n) is 12.1. The molecule has 2 aliphatic heterocycles. The van der Waals surface area contributed by atoms with Crippen molar-refractivity contribution in [1.82, 2.24) is 14.9 Å². The minimum absolute atomic E-state index is 0.205. The van der Waals surface area contributed by atoms with Crippen molar-refractivity contribution in [1.29, 1.82) is 0 Å². The summed E-state index contributed by atoms with van der Waals surface area (Å²) in [5, 5.41) is 0. The predicted molar refractivity (Wildman–Crippen MR) is 74.5 cm³/mol. The number of rotatable bonds is 1. The van der Waals surface area contributed by atoms with Crippen molar-refractivity contribution < 1.29 is 9.53 Å². The first-order valence-electron chi connectivity index (χ1n) is 6.96. The average molecular weight is 276 g/mol. The van der Waals surface area contributed by atoms with E-state index in [1.165, 1.54) is 0 Å². The Kier molecular flexibility index (Phi) is 3.03. The van der Waals surface area contributed by atoms with Crippen LogP contribution in [-0.2, 0) is 4.74 Å². The Morgan fingerprint density at radius 3 is 2.65 bits per heavy atom. The van der Waals surface area contributed by atoms with Crippen LogP contribution in [0.15, 0.2) is 18.6 Å². The average Bonchev–Trinajstić information content (AvgIpc) is 2.97. The molecule has 0 saturated carbocycles. The molecule has 2 atom stereocenters. The topological polar surface area (TPSA) is 58.6 Å². The van der Waals surface area contributed by atoms with Gasteiger partial charge in [-0.1, -0.05) is 0 Å². The number of carbonyl (C=O) groups excluding carboxylic acids is 1. The molecule has 0 aromatic carbocycles. The molecule has 0 unspecified atom stereocenters. The molecule has 2 bridgehead atoms. The third kappa shape index (κ3) is 2.42.